The molecule has 39 heavy (non-hydrogen) atoms. The first kappa shape index (κ1) is 30.7. The number of hydrazone groups is 2. The van der Waals surface area contributed by atoms with Crippen LogP contribution >= 0.6 is 21.7 Å². The molecular formula is C24H27N4O6P3S2+2. The molecule has 0 saturated heterocycles. The van der Waals surface area contributed by atoms with Crippen LogP contribution in [0, 0.1) is 0 Å². The van der Waals surface area contributed by atoms with Crippen molar-refractivity contribution in [3.8, 4) is 17.2 Å². The van der Waals surface area contributed by atoms with Crippen molar-refractivity contribution in [2.45, 2.75) is 6.16 Å². The second-order valence-corrected chi connectivity index (χ2v) is 13.9. The lowest BCUT2D eigenvalue weighted by molar-refractivity contribution is 0.371. The summed E-state index contributed by atoms with van der Waals surface area (Å²) >= 11 is 10.9. The minimum atomic E-state index is -4.12. The van der Waals surface area contributed by atoms with Crippen LogP contribution in [0.15, 0.2) is 83.0 Å². The van der Waals surface area contributed by atoms with E-state index in [1.165, 1.54) is 4.78 Å². The maximum absolute atomic E-state index is 11.1. The van der Waals surface area contributed by atoms with Crippen LogP contribution in [0.1, 0.15) is 16.7 Å². The third-order valence-corrected chi connectivity index (χ3v) is 9.42. The first-order valence-electron chi connectivity index (χ1n) is 11.3. The van der Waals surface area contributed by atoms with E-state index in [0.29, 0.717) is 17.1 Å². The fraction of sp³-hybridized carbons (Fsp3) is 0.167. The second-order valence-electron chi connectivity index (χ2n) is 7.94. The zero-order valence-electron chi connectivity index (χ0n) is 21.3. The molecule has 0 fully saturated rings. The third-order valence-electron chi connectivity index (χ3n) is 4.90. The largest absolute Gasteiger partial charge is 0.540 e. The summed E-state index contributed by atoms with van der Waals surface area (Å²) in [6.07, 6.45) is 3.03. The lowest BCUT2D eigenvalue weighted by atomic mass is 10.2. The maximum atomic E-state index is 11.1. The molecule has 10 nitrogen and oxygen atoms in total. The van der Waals surface area contributed by atoms with E-state index in [0.717, 1.165) is 16.9 Å². The summed E-state index contributed by atoms with van der Waals surface area (Å²) in [5.74, 6) is 1.88. The van der Waals surface area contributed by atoms with E-state index in [2.05, 4.69) is 10.2 Å². The molecule has 3 aromatic carbocycles. The van der Waals surface area contributed by atoms with E-state index in [-0.39, 0.29) is 6.16 Å². The molecule has 0 amide bonds. The summed E-state index contributed by atoms with van der Waals surface area (Å²) in [6.45, 7) is 0. The quantitative estimate of drug-likeness (QED) is 0.141. The Labute approximate surface area is 239 Å². The Balaban J connectivity index is 1.49. The van der Waals surface area contributed by atoms with Crippen molar-refractivity contribution in [3.63, 3.8) is 0 Å². The van der Waals surface area contributed by atoms with E-state index in [4.69, 9.17) is 47.2 Å². The first-order valence-corrected chi connectivity index (χ1v) is 17.5. The van der Waals surface area contributed by atoms with Crippen LogP contribution in [-0.4, -0.2) is 53.0 Å². The van der Waals surface area contributed by atoms with E-state index in [1.807, 2.05) is 36.4 Å². The molecule has 3 rings (SSSR count). The van der Waals surface area contributed by atoms with Gasteiger partial charge < -0.3 is 14.5 Å². The molecule has 2 N–H and O–H groups in total. The predicted molar refractivity (Wildman–Crippen MR) is 162 cm³/mol. The van der Waals surface area contributed by atoms with Crippen LogP contribution in [0.2, 0.25) is 0 Å². The zero-order chi connectivity index (χ0) is 28.4. The van der Waals surface area contributed by atoms with Gasteiger partial charge in [-0.25, -0.2) is 0 Å². The Morgan fingerprint density at radius 1 is 0.769 bits per heavy atom. The summed E-state index contributed by atoms with van der Waals surface area (Å²) in [7, 11) is -1.93. The van der Waals surface area contributed by atoms with Crippen molar-refractivity contribution in [2.24, 2.45) is 10.2 Å². The molecule has 3 aromatic rings. The fourth-order valence-electron chi connectivity index (χ4n) is 2.88. The Hall–Kier alpha value is -2.81. The van der Waals surface area contributed by atoms with E-state index < -0.39 is 21.7 Å². The van der Waals surface area contributed by atoms with Crippen molar-refractivity contribution in [2.75, 3.05) is 21.2 Å². The number of rotatable bonds is 13. The highest BCUT2D eigenvalue weighted by molar-refractivity contribution is 8.02. The minimum Gasteiger partial charge on any atom is -0.497 e. The number of hydrogen-bond acceptors (Lipinski definition) is 8. The third kappa shape index (κ3) is 10.7. The van der Waals surface area contributed by atoms with Crippen molar-refractivity contribution in [3.05, 3.63) is 89.5 Å². The van der Waals surface area contributed by atoms with Crippen molar-refractivity contribution < 1.29 is 28.1 Å². The Kier molecular flexibility index (Phi) is 11.5. The summed E-state index contributed by atoms with van der Waals surface area (Å²) in [4.78, 5) is 18.2. The van der Waals surface area contributed by atoms with Gasteiger partial charge in [-0.05, 0) is 77.4 Å². The average molecular weight is 625 g/mol. The van der Waals surface area contributed by atoms with Gasteiger partial charge in [-0.2, -0.15) is 0 Å². The van der Waals surface area contributed by atoms with Crippen LogP contribution in [0.25, 0.3) is 0 Å². The molecule has 2 unspecified atom stereocenters. The second kappa shape index (κ2) is 14.5. The van der Waals surface area contributed by atoms with Gasteiger partial charge in [0.1, 0.15) is 5.75 Å². The average Bonchev–Trinajstić information content (AvgIpc) is 2.91. The van der Waals surface area contributed by atoms with Gasteiger partial charge in [-0.1, -0.05) is 21.7 Å². The molecule has 0 heterocycles. The van der Waals surface area contributed by atoms with E-state index in [1.54, 1.807) is 74.8 Å². The lowest BCUT2D eigenvalue weighted by Gasteiger charge is -2.05. The monoisotopic (exact) mass is 624 g/mol. The van der Waals surface area contributed by atoms with Crippen LogP contribution in [-0.2, 0) is 34.3 Å². The molecule has 0 aliphatic rings. The Morgan fingerprint density at radius 3 is 1.54 bits per heavy atom. The first-order chi connectivity index (χ1) is 18.5. The standard InChI is InChI=1S/C24H25N4O6P3S2/c1-27(25-16-19-4-10-22(32-3)11-5-19)35(38)33-23-12-6-20(7-13-23)17-26-28(2)36(39)34-24-14-8-21(9-15-24)18-37(29,30)31/h4-17H,18H2,1-3H3/p+2/b25-16+,26-17+. The van der Waals surface area contributed by atoms with Crippen LogP contribution < -0.4 is 13.8 Å². The molecule has 2 atom stereocenters. The summed E-state index contributed by atoms with van der Waals surface area (Å²) < 4.78 is 31.0. The highest BCUT2D eigenvalue weighted by atomic mass is 32.4. The number of methoxy groups -OCH3 is 1. The predicted octanol–water partition coefficient (Wildman–Crippen LogP) is 5.61. The molecule has 0 aliphatic heterocycles. The van der Waals surface area contributed by atoms with Crippen LogP contribution in [0.4, 0.5) is 0 Å². The highest BCUT2D eigenvalue weighted by Crippen LogP contribution is 2.39. The number of ether oxygens (including phenoxy) is 1. The molecular weight excluding hydrogens is 597 g/mol. The van der Waals surface area contributed by atoms with E-state index in [9.17, 15) is 4.57 Å². The minimum absolute atomic E-state index is 0.326. The zero-order valence-corrected chi connectivity index (χ0v) is 25.6. The van der Waals surface area contributed by atoms with Crippen molar-refractivity contribution in [1.82, 2.24) is 9.56 Å². The molecule has 204 valence electrons. The molecule has 0 spiro atoms. The van der Waals surface area contributed by atoms with Gasteiger partial charge in [0.25, 0.3) is 0 Å². The van der Waals surface area contributed by atoms with E-state index >= 15 is 0 Å². The van der Waals surface area contributed by atoms with Crippen molar-refractivity contribution in [1.29, 1.82) is 0 Å². The molecule has 15 heteroatoms. The molecule has 0 radical (unpaired) electrons. The highest BCUT2D eigenvalue weighted by Gasteiger charge is 2.22. The van der Waals surface area contributed by atoms with Crippen LogP contribution in [0.3, 0.4) is 0 Å². The van der Waals surface area contributed by atoms with Gasteiger partial charge in [0.15, 0.2) is 11.5 Å². The SMILES string of the molecule is COc1ccc(/C=N/N(C)[P+](=S)Oc2ccc(/C=N/N(C)[P+](=S)Oc3ccc(CP(=O)(O)O)cc3)cc2)cc1. The van der Waals surface area contributed by atoms with Gasteiger partial charge >= 0.3 is 21.7 Å². The molecule has 0 saturated carbocycles. The van der Waals surface area contributed by atoms with Crippen LogP contribution in [0.5, 0.6) is 17.2 Å². The molecule has 0 aliphatic carbocycles. The van der Waals surface area contributed by atoms with Gasteiger partial charge in [-0.15, -0.1) is 10.2 Å². The van der Waals surface area contributed by atoms with Gasteiger partial charge in [0, 0.05) is 0 Å². The molecule has 0 bridgehead atoms. The summed E-state index contributed by atoms with van der Waals surface area (Å²) in [5, 5.41) is 8.72. The Bertz CT molecular complexity index is 1380. The summed E-state index contributed by atoms with van der Waals surface area (Å²) in [5.41, 5.74) is 2.26. The fourth-order valence-corrected chi connectivity index (χ4v) is 5.45. The number of benzene rings is 3. The van der Waals surface area contributed by atoms with Gasteiger partial charge in [0.05, 0.1) is 39.8 Å². The summed E-state index contributed by atoms with van der Waals surface area (Å²) in [6, 6.07) is 21.3. The maximum Gasteiger partial charge on any atom is 0.540 e. The molecule has 0 aromatic heterocycles. The number of hydrogen-bond donors (Lipinski definition) is 2. The van der Waals surface area contributed by atoms with Gasteiger partial charge in [0.2, 0.25) is 23.6 Å². The number of nitrogens with zero attached hydrogens (tertiary/aromatic N) is 4. The normalized spacial score (nSPS) is 12.3. The van der Waals surface area contributed by atoms with Crippen molar-refractivity contribution >= 4 is 57.8 Å². The van der Waals surface area contributed by atoms with Gasteiger partial charge in [-0.3, -0.25) is 13.6 Å². The smallest absolute Gasteiger partial charge is 0.497 e. The lowest BCUT2D eigenvalue weighted by Crippen LogP contribution is -2.04. The topological polar surface area (TPSA) is 116 Å². The Morgan fingerprint density at radius 2 is 1.15 bits per heavy atom.